The molecule has 1 saturated heterocycles. The van der Waals surface area contributed by atoms with Crippen LogP contribution >= 0.6 is 23.4 Å². The third-order valence-electron chi connectivity index (χ3n) is 5.43. The number of aryl methyl sites for hydroxylation is 1. The summed E-state index contributed by atoms with van der Waals surface area (Å²) in [6.45, 7) is 2.82. The molecule has 1 aliphatic rings. The Balaban J connectivity index is 1.64. The number of primary amides is 1. The van der Waals surface area contributed by atoms with E-state index < -0.39 is 0 Å². The number of thioether (sulfide) groups is 1. The maximum absolute atomic E-state index is 13.3. The topological polar surface area (TPSA) is 120 Å². The average molecular weight is 472 g/mol. The monoisotopic (exact) mass is 471 g/mol. The number of aromatic nitrogens is 5. The molecule has 2 amide bonds. The van der Waals surface area contributed by atoms with Crippen LogP contribution in [0.4, 0.5) is 0 Å². The lowest BCUT2D eigenvalue weighted by Gasteiger charge is -2.30. The van der Waals surface area contributed by atoms with Gasteiger partial charge >= 0.3 is 0 Å². The van der Waals surface area contributed by atoms with Crippen LogP contribution in [0.25, 0.3) is 5.69 Å². The van der Waals surface area contributed by atoms with E-state index in [0.717, 1.165) is 5.56 Å². The van der Waals surface area contributed by atoms with Crippen molar-refractivity contribution in [3.63, 3.8) is 0 Å². The zero-order valence-corrected chi connectivity index (χ0v) is 19.0. The highest BCUT2D eigenvalue weighted by Crippen LogP contribution is 2.27. The summed E-state index contributed by atoms with van der Waals surface area (Å²) in [5, 5.41) is 9.67. The standard InChI is InChI=1S/C21H22ClN7O2S/c1-13-3-4-15(11-16(13)22)29-17(12-32-21-24-7-2-8-25-21)18(26-27-29)20(31)28-9-5-14(6-10-28)19(23)30/h2-4,7-8,11,14H,5-6,9-10,12H2,1H3,(H2,23,30). The number of piperidine rings is 1. The van der Waals surface area contributed by atoms with E-state index in [9.17, 15) is 9.59 Å². The van der Waals surface area contributed by atoms with Gasteiger partial charge < -0.3 is 10.6 Å². The number of carbonyl (C=O) groups excluding carboxylic acids is 2. The van der Waals surface area contributed by atoms with Gasteiger partial charge in [0, 0.05) is 42.2 Å². The fourth-order valence-electron chi connectivity index (χ4n) is 3.53. The first kappa shape index (κ1) is 22.2. The van der Waals surface area contributed by atoms with Gasteiger partial charge in [0.1, 0.15) is 0 Å². The zero-order chi connectivity index (χ0) is 22.7. The molecule has 0 bridgehead atoms. The van der Waals surface area contributed by atoms with E-state index >= 15 is 0 Å². The summed E-state index contributed by atoms with van der Waals surface area (Å²) in [6, 6.07) is 7.32. The van der Waals surface area contributed by atoms with E-state index in [-0.39, 0.29) is 23.4 Å². The minimum absolute atomic E-state index is 0.199. The van der Waals surface area contributed by atoms with Crippen molar-refractivity contribution in [1.29, 1.82) is 0 Å². The van der Waals surface area contributed by atoms with Crippen LogP contribution in [0.15, 0.2) is 41.8 Å². The van der Waals surface area contributed by atoms with Crippen LogP contribution in [0.1, 0.15) is 34.6 Å². The van der Waals surface area contributed by atoms with Crippen molar-refractivity contribution in [3.8, 4) is 5.69 Å². The highest BCUT2D eigenvalue weighted by molar-refractivity contribution is 7.98. The Morgan fingerprint density at radius 3 is 2.59 bits per heavy atom. The maximum Gasteiger partial charge on any atom is 0.276 e. The Bertz CT molecular complexity index is 1130. The van der Waals surface area contributed by atoms with Crippen molar-refractivity contribution in [2.75, 3.05) is 13.1 Å². The van der Waals surface area contributed by atoms with Gasteiger partial charge in [-0.05, 0) is 43.5 Å². The lowest BCUT2D eigenvalue weighted by molar-refractivity contribution is -0.123. The van der Waals surface area contributed by atoms with Crippen LogP contribution in [0.3, 0.4) is 0 Å². The van der Waals surface area contributed by atoms with Gasteiger partial charge in [-0.1, -0.05) is 34.6 Å². The van der Waals surface area contributed by atoms with Crippen molar-refractivity contribution < 1.29 is 9.59 Å². The van der Waals surface area contributed by atoms with E-state index in [1.54, 1.807) is 34.1 Å². The molecule has 2 N–H and O–H groups in total. The third kappa shape index (κ3) is 4.76. The molecular weight excluding hydrogens is 450 g/mol. The summed E-state index contributed by atoms with van der Waals surface area (Å²) in [5.41, 5.74) is 7.97. The molecule has 166 valence electrons. The second kappa shape index (κ2) is 9.66. The molecule has 1 aromatic carbocycles. The van der Waals surface area contributed by atoms with Gasteiger partial charge in [-0.3, -0.25) is 9.59 Å². The minimum atomic E-state index is -0.320. The number of carbonyl (C=O) groups is 2. The smallest absolute Gasteiger partial charge is 0.276 e. The Kier molecular flexibility index (Phi) is 6.71. The lowest BCUT2D eigenvalue weighted by atomic mass is 9.96. The first-order valence-corrected chi connectivity index (χ1v) is 11.5. The number of likely N-dealkylation sites (tertiary alicyclic amines) is 1. The van der Waals surface area contributed by atoms with E-state index in [1.807, 2.05) is 19.1 Å². The number of rotatable bonds is 6. The van der Waals surface area contributed by atoms with E-state index in [4.69, 9.17) is 17.3 Å². The minimum Gasteiger partial charge on any atom is -0.369 e. The van der Waals surface area contributed by atoms with Gasteiger partial charge in [0.2, 0.25) is 5.91 Å². The van der Waals surface area contributed by atoms with Crippen LogP contribution in [0, 0.1) is 12.8 Å². The maximum atomic E-state index is 13.3. The fourth-order valence-corrected chi connectivity index (χ4v) is 4.50. The van der Waals surface area contributed by atoms with Gasteiger partial charge in [-0.25, -0.2) is 14.6 Å². The van der Waals surface area contributed by atoms with Crippen molar-refractivity contribution in [2.45, 2.75) is 30.7 Å². The Morgan fingerprint density at radius 2 is 1.94 bits per heavy atom. The number of benzene rings is 1. The number of halogens is 1. The van der Waals surface area contributed by atoms with Gasteiger partial charge in [0.25, 0.3) is 5.91 Å². The van der Waals surface area contributed by atoms with Gasteiger partial charge in [-0.15, -0.1) is 5.10 Å². The van der Waals surface area contributed by atoms with Crippen LogP contribution in [0.2, 0.25) is 5.02 Å². The Labute approximate surface area is 194 Å². The molecular formula is C21H22ClN7O2S. The molecule has 0 radical (unpaired) electrons. The molecule has 3 heterocycles. The largest absolute Gasteiger partial charge is 0.369 e. The van der Waals surface area contributed by atoms with Crippen LogP contribution in [0.5, 0.6) is 0 Å². The van der Waals surface area contributed by atoms with Gasteiger partial charge in [0.15, 0.2) is 10.9 Å². The van der Waals surface area contributed by atoms with Gasteiger partial charge in [-0.2, -0.15) is 0 Å². The van der Waals surface area contributed by atoms with Crippen LogP contribution in [-0.2, 0) is 10.5 Å². The Hall–Kier alpha value is -2.98. The molecule has 32 heavy (non-hydrogen) atoms. The number of nitrogens with two attached hydrogens (primary N) is 1. The molecule has 0 saturated carbocycles. The average Bonchev–Trinajstić information content (AvgIpc) is 3.23. The molecule has 0 spiro atoms. The molecule has 4 rings (SSSR count). The summed E-state index contributed by atoms with van der Waals surface area (Å²) >= 11 is 7.71. The number of nitrogens with zero attached hydrogens (tertiary/aromatic N) is 6. The second-order valence-electron chi connectivity index (χ2n) is 7.52. The summed E-state index contributed by atoms with van der Waals surface area (Å²) in [5.74, 6) is -0.350. The van der Waals surface area contributed by atoms with E-state index in [2.05, 4.69) is 20.3 Å². The predicted molar refractivity (Wildman–Crippen MR) is 121 cm³/mol. The highest BCUT2D eigenvalue weighted by Gasteiger charge is 2.30. The van der Waals surface area contributed by atoms with E-state index in [0.29, 0.717) is 53.2 Å². The molecule has 9 nitrogen and oxygen atoms in total. The van der Waals surface area contributed by atoms with Crippen LogP contribution < -0.4 is 5.73 Å². The van der Waals surface area contributed by atoms with Crippen molar-refractivity contribution in [2.24, 2.45) is 11.7 Å². The lowest BCUT2D eigenvalue weighted by Crippen LogP contribution is -2.42. The normalized spacial score (nSPS) is 14.5. The molecule has 1 aliphatic heterocycles. The number of amides is 2. The molecule has 0 aliphatic carbocycles. The third-order valence-corrected chi connectivity index (χ3v) is 6.72. The number of hydrogen-bond acceptors (Lipinski definition) is 7. The van der Waals surface area contributed by atoms with Crippen LogP contribution in [-0.4, -0.2) is 54.8 Å². The highest BCUT2D eigenvalue weighted by atomic mass is 35.5. The predicted octanol–water partition coefficient (Wildman–Crippen LogP) is 2.65. The van der Waals surface area contributed by atoms with Crippen molar-refractivity contribution in [3.05, 3.63) is 58.6 Å². The Morgan fingerprint density at radius 1 is 1.22 bits per heavy atom. The molecule has 0 unspecified atom stereocenters. The molecule has 1 fully saturated rings. The molecule has 0 atom stereocenters. The SMILES string of the molecule is Cc1ccc(-n2nnc(C(=O)N3CCC(C(N)=O)CC3)c2CSc2ncccn2)cc1Cl. The molecule has 3 aromatic rings. The summed E-state index contributed by atoms with van der Waals surface area (Å²) in [6.07, 6.45) is 4.43. The molecule has 2 aromatic heterocycles. The molecule has 11 heteroatoms. The first-order valence-electron chi connectivity index (χ1n) is 10.1. The summed E-state index contributed by atoms with van der Waals surface area (Å²) in [4.78, 5) is 34.9. The summed E-state index contributed by atoms with van der Waals surface area (Å²) in [7, 11) is 0. The van der Waals surface area contributed by atoms with Gasteiger partial charge in [0.05, 0.1) is 11.4 Å². The number of hydrogen-bond donors (Lipinski definition) is 1. The van der Waals surface area contributed by atoms with E-state index in [1.165, 1.54) is 11.8 Å². The van der Waals surface area contributed by atoms with Crippen molar-refractivity contribution >= 4 is 35.2 Å². The zero-order valence-electron chi connectivity index (χ0n) is 17.4. The van der Waals surface area contributed by atoms with Crippen molar-refractivity contribution in [1.82, 2.24) is 29.9 Å². The quantitative estimate of drug-likeness (QED) is 0.433. The fraction of sp³-hybridized carbons (Fsp3) is 0.333. The first-order chi connectivity index (χ1) is 15.4. The summed E-state index contributed by atoms with van der Waals surface area (Å²) < 4.78 is 1.63. The second-order valence-corrected chi connectivity index (χ2v) is 8.87.